The van der Waals surface area contributed by atoms with Crippen molar-refractivity contribution in [2.24, 2.45) is 5.92 Å². The number of fused-ring (bicyclic) bond motifs is 3. The van der Waals surface area contributed by atoms with Gasteiger partial charge in [0, 0.05) is 35.4 Å². The van der Waals surface area contributed by atoms with Gasteiger partial charge in [0.25, 0.3) is 0 Å². The van der Waals surface area contributed by atoms with E-state index < -0.39 is 69.5 Å². The summed E-state index contributed by atoms with van der Waals surface area (Å²) in [6, 6.07) is 3.98. The highest BCUT2D eigenvalue weighted by molar-refractivity contribution is 7.91. The number of ether oxygens (including phenoxy) is 3. The van der Waals surface area contributed by atoms with Crippen LogP contribution in [0.1, 0.15) is 84.5 Å². The molecule has 4 heterocycles. The summed E-state index contributed by atoms with van der Waals surface area (Å²) in [6.45, 7) is 3.29. The van der Waals surface area contributed by atoms with Crippen LogP contribution in [0.5, 0.6) is 5.75 Å². The maximum Gasteiger partial charge on any atom is 0.413 e. The number of alkyl carbamates (subject to hydrolysis) is 1. The normalized spacial score (nSPS) is 25.6. The maximum absolute atomic E-state index is 14.6. The highest BCUT2D eigenvalue weighted by Crippen LogP contribution is 2.45. The fraction of sp³-hybridized carbons (Fsp3) is 0.537. The number of aromatic nitrogens is 2. The quantitative estimate of drug-likeness (QED) is 0.193. The number of carbonyl (C=O) groups excluding carboxylic acids is 4. The molecule has 4 aliphatic rings. The Morgan fingerprint density at radius 2 is 1.78 bits per heavy atom. The fourth-order valence-corrected chi connectivity index (χ4v) is 9.68. The molecule has 322 valence electrons. The van der Waals surface area contributed by atoms with Crippen LogP contribution in [0, 0.1) is 5.92 Å². The molecule has 7 rings (SSSR count). The van der Waals surface area contributed by atoms with Crippen LogP contribution in [0.2, 0.25) is 0 Å². The third-order valence-corrected chi connectivity index (χ3v) is 13.2. The Labute approximate surface area is 351 Å². The smallest absolute Gasteiger partial charge is 0.413 e. The van der Waals surface area contributed by atoms with Gasteiger partial charge in [-0.25, -0.2) is 32.8 Å². The van der Waals surface area contributed by atoms with Crippen molar-refractivity contribution in [1.82, 2.24) is 25.5 Å². The Hall–Kier alpha value is -5.30. The lowest BCUT2D eigenvalue weighted by Gasteiger charge is -2.29. The summed E-state index contributed by atoms with van der Waals surface area (Å²) in [5, 5.41) is 20.6. The van der Waals surface area contributed by atoms with Crippen molar-refractivity contribution < 1.29 is 51.7 Å². The molecule has 19 heteroatoms. The highest BCUT2D eigenvalue weighted by Gasteiger charge is 2.61. The number of para-hydroxylation sites is 1. The first-order chi connectivity index (χ1) is 28.6. The van der Waals surface area contributed by atoms with Crippen molar-refractivity contribution in [3.63, 3.8) is 0 Å². The van der Waals surface area contributed by atoms with E-state index in [0.29, 0.717) is 23.9 Å². The lowest BCUT2D eigenvalue weighted by Crippen LogP contribution is -2.56. The predicted octanol–water partition coefficient (Wildman–Crippen LogP) is 5.58. The summed E-state index contributed by atoms with van der Waals surface area (Å²) in [7, 11) is -3.81. The molecule has 0 unspecified atom stereocenters. The molecule has 3 fully saturated rings. The first kappa shape index (κ1) is 42.8. The molecule has 60 heavy (non-hydrogen) atoms. The van der Waals surface area contributed by atoms with Crippen molar-refractivity contribution in [1.29, 1.82) is 0 Å². The highest BCUT2D eigenvalue weighted by atomic mass is 32.2. The van der Waals surface area contributed by atoms with Crippen molar-refractivity contribution in [2.45, 2.75) is 125 Å². The SMILES string of the molecule is CC(C)OC(=O)Nc1nc(-c2cc(O[C@@H]3C[C@H]4C(=O)N[C@]5(C(=O)O)C[C@@H]5/C=C\CCCCC[C@@H](NC(=O)OC5CCCC5)C(=O)N4C3)c3cccc(S(C)(=O)=O)c3n2)cs1. The zero-order chi connectivity index (χ0) is 42.8. The number of thiazole rings is 1. The van der Waals surface area contributed by atoms with E-state index in [1.54, 1.807) is 37.4 Å². The van der Waals surface area contributed by atoms with Crippen molar-refractivity contribution in [2.75, 3.05) is 18.1 Å². The Morgan fingerprint density at radius 1 is 1.02 bits per heavy atom. The minimum absolute atomic E-state index is 0.0549. The number of nitrogens with one attached hydrogen (secondary N) is 3. The molecule has 1 aromatic carbocycles. The number of sulfone groups is 1. The molecule has 2 saturated carbocycles. The summed E-state index contributed by atoms with van der Waals surface area (Å²) in [5.41, 5.74) is -0.918. The summed E-state index contributed by atoms with van der Waals surface area (Å²) in [6.07, 6.45) is 8.58. The number of nitrogens with zero attached hydrogens (tertiary/aromatic N) is 3. The lowest BCUT2D eigenvalue weighted by molar-refractivity contribution is -0.145. The van der Waals surface area contributed by atoms with Crippen molar-refractivity contribution >= 4 is 67.2 Å². The van der Waals surface area contributed by atoms with Crippen molar-refractivity contribution in [3.8, 4) is 17.1 Å². The van der Waals surface area contributed by atoms with Crippen LogP contribution in [0.25, 0.3) is 22.3 Å². The van der Waals surface area contributed by atoms with Gasteiger partial charge in [-0.3, -0.25) is 14.9 Å². The molecular weight excluding hydrogens is 817 g/mol. The van der Waals surface area contributed by atoms with Gasteiger partial charge in [0.15, 0.2) is 15.0 Å². The van der Waals surface area contributed by atoms with Crippen LogP contribution < -0.4 is 20.7 Å². The van der Waals surface area contributed by atoms with E-state index in [4.69, 9.17) is 14.2 Å². The van der Waals surface area contributed by atoms with E-state index in [1.807, 2.05) is 12.2 Å². The number of benzene rings is 1. The van der Waals surface area contributed by atoms with E-state index in [1.165, 1.54) is 11.0 Å². The molecule has 2 aliphatic heterocycles. The van der Waals surface area contributed by atoms with Gasteiger partial charge < -0.3 is 34.9 Å². The van der Waals surface area contributed by atoms with E-state index in [-0.39, 0.29) is 65.0 Å². The predicted molar refractivity (Wildman–Crippen MR) is 220 cm³/mol. The summed E-state index contributed by atoms with van der Waals surface area (Å²) >= 11 is 1.10. The lowest BCUT2D eigenvalue weighted by atomic mass is 10.0. The maximum atomic E-state index is 14.6. The molecule has 1 saturated heterocycles. The van der Waals surface area contributed by atoms with Crippen LogP contribution in [-0.2, 0) is 33.7 Å². The molecule has 0 bridgehead atoms. The number of allylic oxidation sites excluding steroid dienone is 1. The van der Waals surface area contributed by atoms with Gasteiger partial charge in [-0.2, -0.15) is 0 Å². The van der Waals surface area contributed by atoms with Gasteiger partial charge in [0.2, 0.25) is 11.8 Å². The zero-order valence-corrected chi connectivity index (χ0v) is 35.3. The van der Waals surface area contributed by atoms with Crippen molar-refractivity contribution in [3.05, 3.63) is 41.8 Å². The molecule has 2 aromatic heterocycles. The molecule has 0 spiro atoms. The molecule has 3 aromatic rings. The second-order valence-electron chi connectivity index (χ2n) is 16.2. The minimum Gasteiger partial charge on any atom is -0.488 e. The van der Waals surface area contributed by atoms with E-state index in [2.05, 4.69) is 25.9 Å². The number of rotatable bonds is 9. The number of hydrogen-bond donors (Lipinski definition) is 4. The van der Waals surface area contributed by atoms with Crippen LogP contribution >= 0.6 is 11.3 Å². The molecule has 17 nitrogen and oxygen atoms in total. The molecule has 5 atom stereocenters. The molecular formula is C41H50N6O11S2. The van der Waals surface area contributed by atoms with Gasteiger partial charge in [-0.1, -0.05) is 31.1 Å². The number of carbonyl (C=O) groups is 5. The first-order valence-electron chi connectivity index (χ1n) is 20.3. The Bertz CT molecular complexity index is 2290. The third kappa shape index (κ3) is 9.67. The van der Waals surface area contributed by atoms with Gasteiger partial charge in [-0.05, 0) is 77.3 Å². The van der Waals surface area contributed by atoms with Crippen LogP contribution in [0.3, 0.4) is 0 Å². The van der Waals surface area contributed by atoms with Gasteiger partial charge in [-0.15, -0.1) is 11.3 Å². The standard InChI is InChI=1S/C41H50N6O11S2/c1-23(2)56-40(53)45-38-43-30(22-59-38)29-19-32(27-15-11-17-33(34(27)42-29)60(3,54)55)57-26-18-31-35(48)46-41(37(50)51)20-24(41)12-7-5-4-6-8-16-28(36(49)47(31)21-26)44-39(52)58-25-13-9-10-14-25/h7,11-12,15,17,19,22-26,28,31H,4-6,8-10,13-14,16,18,20-21H2,1-3H3,(H,44,52)(H,46,48)(H,50,51)(H,43,45,53)/b12-7-/t24-,26+,28+,31-,41+/m0/s1. The number of anilines is 1. The molecule has 4 amide bonds. The fourth-order valence-electron chi connectivity index (χ4n) is 8.16. The van der Waals surface area contributed by atoms with E-state index in [9.17, 15) is 37.5 Å². The third-order valence-electron chi connectivity index (χ3n) is 11.3. The van der Waals surface area contributed by atoms with Gasteiger partial charge in [0.05, 0.1) is 28.8 Å². The van der Waals surface area contributed by atoms with Crippen LogP contribution in [-0.4, -0.2) is 107 Å². The number of hydrogen-bond acceptors (Lipinski definition) is 13. The number of amides is 4. The average Bonchev–Trinajstić information content (AvgIpc) is 3.61. The number of carboxylic acids is 1. The molecule has 4 N–H and O–H groups in total. The van der Waals surface area contributed by atoms with Crippen LogP contribution in [0.4, 0.5) is 14.7 Å². The molecule has 0 radical (unpaired) electrons. The number of carboxylic acid groups (broad SMARTS) is 1. The number of aliphatic carboxylic acids is 1. The first-order valence-corrected chi connectivity index (χ1v) is 23.1. The second kappa shape index (κ2) is 17.7. The Morgan fingerprint density at radius 3 is 2.52 bits per heavy atom. The average molecular weight is 867 g/mol. The topological polar surface area (TPSA) is 233 Å². The summed E-state index contributed by atoms with van der Waals surface area (Å²) in [5.74, 6) is -2.62. The minimum atomic E-state index is -3.81. The monoisotopic (exact) mass is 866 g/mol. The zero-order valence-electron chi connectivity index (χ0n) is 33.7. The Kier molecular flexibility index (Phi) is 12.7. The van der Waals surface area contributed by atoms with E-state index in [0.717, 1.165) is 56.1 Å². The van der Waals surface area contributed by atoms with Crippen LogP contribution in [0.15, 0.2) is 46.7 Å². The summed E-state index contributed by atoms with van der Waals surface area (Å²) in [4.78, 5) is 77.3. The number of pyridine rings is 1. The molecule has 2 aliphatic carbocycles. The largest absolute Gasteiger partial charge is 0.488 e. The van der Waals surface area contributed by atoms with Gasteiger partial charge in [0.1, 0.15) is 41.3 Å². The van der Waals surface area contributed by atoms with Gasteiger partial charge >= 0.3 is 18.2 Å². The second-order valence-corrected chi connectivity index (χ2v) is 19.0. The Balaban J connectivity index is 1.22. The van der Waals surface area contributed by atoms with E-state index >= 15 is 0 Å². The summed E-state index contributed by atoms with van der Waals surface area (Å²) < 4.78 is 43.5.